The first-order chi connectivity index (χ1) is 11.7. The van der Waals surface area contributed by atoms with Gasteiger partial charge >= 0.3 is 5.97 Å². The number of aliphatic carboxylic acids is 1. The normalized spacial score (nSPS) is 12.4. The van der Waals surface area contributed by atoms with Crippen LogP contribution in [0.5, 0.6) is 0 Å². The third-order valence-corrected chi connectivity index (χ3v) is 4.48. The lowest BCUT2D eigenvalue weighted by Gasteiger charge is -2.00. The predicted octanol–water partition coefficient (Wildman–Crippen LogP) is 6.40. The Morgan fingerprint density at radius 2 is 1.83 bits per heavy atom. The summed E-state index contributed by atoms with van der Waals surface area (Å²) in [7, 11) is 0. The maximum Gasteiger partial charge on any atom is 0.306 e. The predicted molar refractivity (Wildman–Crippen MR) is 108 cm³/mol. The van der Waals surface area contributed by atoms with E-state index in [1.54, 1.807) is 6.92 Å². The van der Waals surface area contributed by atoms with Crippen molar-refractivity contribution in [3.63, 3.8) is 0 Å². The standard InChI is InChI=1S/C21H34O2S/c1-3-4-5-6-7-8-9-10-12-15-18-24-19-16-13-11-14-17-20(2)21(22)23/h8-9,11-12,15-16,20H,3-7,10,14,17-19H2,1-2H3,(H,22,23)/b9-8-,15-12-. The maximum atomic E-state index is 10.6. The first-order valence-corrected chi connectivity index (χ1v) is 10.3. The Morgan fingerprint density at radius 1 is 1.04 bits per heavy atom. The van der Waals surface area contributed by atoms with Crippen LogP contribution in [0.25, 0.3) is 0 Å². The lowest BCUT2D eigenvalue weighted by Crippen LogP contribution is -2.08. The second-order valence-electron chi connectivity index (χ2n) is 5.96. The Kier molecular flexibility index (Phi) is 17.3. The van der Waals surface area contributed by atoms with Crippen LogP contribution in [0.3, 0.4) is 0 Å². The minimum Gasteiger partial charge on any atom is -0.481 e. The molecule has 0 fully saturated rings. The van der Waals surface area contributed by atoms with Crippen molar-refractivity contribution >= 4 is 17.7 Å². The number of unbranched alkanes of at least 4 members (excludes halogenated alkanes) is 4. The van der Waals surface area contributed by atoms with Crippen LogP contribution in [0.2, 0.25) is 0 Å². The smallest absolute Gasteiger partial charge is 0.306 e. The summed E-state index contributed by atoms with van der Waals surface area (Å²) >= 11 is 1.86. The molecule has 0 bridgehead atoms. The van der Waals surface area contributed by atoms with E-state index in [9.17, 15) is 4.79 Å². The van der Waals surface area contributed by atoms with Gasteiger partial charge in [-0.1, -0.05) is 57.4 Å². The van der Waals surface area contributed by atoms with Gasteiger partial charge < -0.3 is 5.11 Å². The molecule has 0 saturated carbocycles. The van der Waals surface area contributed by atoms with E-state index in [0.717, 1.165) is 24.3 Å². The number of thioether (sulfide) groups is 1. The number of carbonyl (C=O) groups is 1. The average Bonchev–Trinajstić information content (AvgIpc) is 2.57. The van der Waals surface area contributed by atoms with Gasteiger partial charge in [0.2, 0.25) is 0 Å². The quantitative estimate of drug-likeness (QED) is 0.211. The second-order valence-corrected chi connectivity index (χ2v) is 7.03. The molecule has 24 heavy (non-hydrogen) atoms. The van der Waals surface area contributed by atoms with Crippen molar-refractivity contribution in [1.82, 2.24) is 0 Å². The lowest BCUT2D eigenvalue weighted by molar-refractivity contribution is -0.141. The molecule has 0 aromatic heterocycles. The molecule has 0 aliphatic rings. The van der Waals surface area contributed by atoms with Crippen molar-refractivity contribution in [2.75, 3.05) is 11.5 Å². The second kappa shape index (κ2) is 18.2. The molecule has 0 amide bonds. The van der Waals surface area contributed by atoms with Crippen LogP contribution < -0.4 is 0 Å². The van der Waals surface area contributed by atoms with Gasteiger partial charge in [-0.25, -0.2) is 0 Å². The average molecular weight is 351 g/mol. The number of allylic oxidation sites excluding steroid dienone is 3. The molecule has 0 heterocycles. The lowest BCUT2D eigenvalue weighted by atomic mass is 10.1. The first-order valence-electron chi connectivity index (χ1n) is 9.18. The van der Waals surface area contributed by atoms with Gasteiger partial charge in [0.05, 0.1) is 5.92 Å². The van der Waals surface area contributed by atoms with Crippen molar-refractivity contribution in [3.05, 3.63) is 42.2 Å². The van der Waals surface area contributed by atoms with Crippen LogP contribution in [-0.4, -0.2) is 22.6 Å². The van der Waals surface area contributed by atoms with Crippen molar-refractivity contribution in [2.45, 2.75) is 65.2 Å². The number of rotatable bonds is 15. The van der Waals surface area contributed by atoms with E-state index >= 15 is 0 Å². The minimum absolute atomic E-state index is 0.270. The van der Waals surface area contributed by atoms with Crippen LogP contribution in [0.1, 0.15) is 65.2 Å². The molecule has 0 aromatic carbocycles. The topological polar surface area (TPSA) is 37.3 Å². The summed E-state index contributed by atoms with van der Waals surface area (Å²) in [6.07, 6.45) is 22.0. The van der Waals surface area contributed by atoms with Crippen molar-refractivity contribution < 1.29 is 9.90 Å². The fourth-order valence-corrected chi connectivity index (χ4v) is 2.63. The molecule has 0 aliphatic carbocycles. The third kappa shape index (κ3) is 17.2. The van der Waals surface area contributed by atoms with Gasteiger partial charge in [0.1, 0.15) is 0 Å². The van der Waals surface area contributed by atoms with Crippen LogP contribution in [0.15, 0.2) is 42.2 Å². The summed E-state index contributed by atoms with van der Waals surface area (Å²) in [5, 5.41) is 8.76. The Balaban J connectivity index is 3.47. The fraction of sp³-hybridized carbons (Fsp3) is 0.619. The van der Waals surface area contributed by atoms with Gasteiger partial charge in [0.25, 0.3) is 0 Å². The zero-order chi connectivity index (χ0) is 17.9. The molecule has 1 atom stereocenters. The molecule has 2 nitrogen and oxygen atoms in total. The molecule has 0 aromatic rings. The molecule has 0 aliphatic heterocycles. The molecule has 0 spiro atoms. The maximum absolute atomic E-state index is 10.6. The van der Waals surface area contributed by atoms with Crippen LogP contribution in [0.4, 0.5) is 0 Å². The Morgan fingerprint density at radius 3 is 2.58 bits per heavy atom. The fourth-order valence-electron chi connectivity index (χ4n) is 2.01. The molecule has 0 radical (unpaired) electrons. The van der Waals surface area contributed by atoms with Crippen LogP contribution in [0, 0.1) is 5.92 Å². The van der Waals surface area contributed by atoms with E-state index in [4.69, 9.17) is 5.11 Å². The number of carboxylic acids is 1. The number of hydrogen-bond acceptors (Lipinski definition) is 2. The van der Waals surface area contributed by atoms with Crippen LogP contribution >= 0.6 is 11.8 Å². The van der Waals surface area contributed by atoms with E-state index in [1.807, 2.05) is 23.9 Å². The van der Waals surface area contributed by atoms with E-state index in [-0.39, 0.29) is 5.92 Å². The highest BCUT2D eigenvalue weighted by atomic mass is 32.2. The summed E-state index contributed by atoms with van der Waals surface area (Å²) in [5.74, 6) is 0.982. The number of hydrogen-bond donors (Lipinski definition) is 1. The zero-order valence-electron chi connectivity index (χ0n) is 15.4. The van der Waals surface area contributed by atoms with E-state index in [1.165, 1.54) is 32.1 Å². The highest BCUT2D eigenvalue weighted by Gasteiger charge is 2.08. The van der Waals surface area contributed by atoms with Crippen molar-refractivity contribution in [2.24, 2.45) is 5.92 Å². The third-order valence-electron chi connectivity index (χ3n) is 3.65. The molecule has 1 unspecified atom stereocenters. The molecule has 136 valence electrons. The first kappa shape index (κ1) is 22.8. The molecule has 0 rings (SSSR count). The monoisotopic (exact) mass is 350 g/mol. The Labute approximate surface area is 152 Å². The highest BCUT2D eigenvalue weighted by molar-refractivity contribution is 7.99. The molecule has 0 saturated heterocycles. The van der Waals surface area contributed by atoms with E-state index in [2.05, 4.69) is 37.0 Å². The minimum atomic E-state index is -0.721. The SMILES string of the molecule is CCCCCC/C=C\C/C=C\CSCC=C=CCCC(C)C(=O)O. The van der Waals surface area contributed by atoms with E-state index < -0.39 is 5.97 Å². The van der Waals surface area contributed by atoms with E-state index in [0.29, 0.717) is 6.42 Å². The zero-order valence-corrected chi connectivity index (χ0v) is 16.2. The van der Waals surface area contributed by atoms with Crippen molar-refractivity contribution in [1.29, 1.82) is 0 Å². The van der Waals surface area contributed by atoms with Gasteiger partial charge in [-0.3, -0.25) is 4.79 Å². The molecule has 3 heteroatoms. The number of carboxylic acid groups (broad SMARTS) is 1. The highest BCUT2D eigenvalue weighted by Crippen LogP contribution is 2.06. The summed E-state index contributed by atoms with van der Waals surface area (Å²) in [6.45, 7) is 3.98. The van der Waals surface area contributed by atoms with Gasteiger partial charge in [0.15, 0.2) is 0 Å². The van der Waals surface area contributed by atoms with Crippen LogP contribution in [-0.2, 0) is 4.79 Å². The largest absolute Gasteiger partial charge is 0.481 e. The molecular formula is C21H34O2S. The Hall–Kier alpha value is -1.18. The van der Waals surface area contributed by atoms with Gasteiger partial charge in [-0.15, -0.1) is 5.73 Å². The Bertz CT molecular complexity index is 418. The summed E-state index contributed by atoms with van der Waals surface area (Å²) in [5.41, 5.74) is 3.12. The summed E-state index contributed by atoms with van der Waals surface area (Å²) in [6, 6.07) is 0. The van der Waals surface area contributed by atoms with Crippen molar-refractivity contribution in [3.8, 4) is 0 Å². The summed E-state index contributed by atoms with van der Waals surface area (Å²) < 4.78 is 0. The summed E-state index contributed by atoms with van der Waals surface area (Å²) in [4.78, 5) is 10.6. The molecular weight excluding hydrogens is 316 g/mol. The molecule has 1 N–H and O–H groups in total. The van der Waals surface area contributed by atoms with Gasteiger partial charge in [-0.05, 0) is 44.3 Å². The van der Waals surface area contributed by atoms with Gasteiger partial charge in [0, 0.05) is 11.5 Å². The van der Waals surface area contributed by atoms with Gasteiger partial charge in [-0.2, -0.15) is 11.8 Å².